The Morgan fingerprint density at radius 3 is 2.56 bits per heavy atom. The van der Waals surface area contributed by atoms with Gasteiger partial charge in [0.2, 0.25) is 5.89 Å². The van der Waals surface area contributed by atoms with Gasteiger partial charge in [-0.05, 0) is 41.7 Å². The maximum absolute atomic E-state index is 11.4. The predicted molar refractivity (Wildman–Crippen MR) is 91.0 cm³/mol. The second kappa shape index (κ2) is 6.92. The molecule has 0 aliphatic carbocycles. The highest BCUT2D eigenvalue weighted by atomic mass is 35.5. The quantitative estimate of drug-likeness (QED) is 0.501. The molecule has 7 nitrogen and oxygen atoms in total. The van der Waals surface area contributed by atoms with Crippen LogP contribution >= 0.6 is 23.2 Å². The number of rotatable bonds is 4. The molecule has 25 heavy (non-hydrogen) atoms. The van der Waals surface area contributed by atoms with Crippen molar-refractivity contribution in [2.45, 2.75) is 0 Å². The van der Waals surface area contributed by atoms with Crippen molar-refractivity contribution in [2.24, 2.45) is 0 Å². The van der Waals surface area contributed by atoms with Crippen LogP contribution in [0.2, 0.25) is 5.02 Å². The van der Waals surface area contributed by atoms with E-state index in [0.717, 1.165) is 12.1 Å². The number of aromatic nitrogens is 2. The fraction of sp³-hybridized carbons (Fsp3) is 0. The molecular formula is C16H8Cl2N3O4-. The molecule has 0 atom stereocenters. The number of halogens is 2. The van der Waals surface area contributed by atoms with Crippen molar-refractivity contribution in [1.82, 2.24) is 10.2 Å². The molecule has 0 aliphatic heterocycles. The summed E-state index contributed by atoms with van der Waals surface area (Å²) in [6, 6.07) is 10.4. The van der Waals surface area contributed by atoms with Gasteiger partial charge in [-0.15, -0.1) is 10.2 Å². The molecule has 9 heteroatoms. The van der Waals surface area contributed by atoms with Gasteiger partial charge < -0.3 is 9.52 Å². The summed E-state index contributed by atoms with van der Waals surface area (Å²) in [6.45, 7) is 0. The monoisotopic (exact) mass is 376 g/mol. The number of nitro benzene ring substituents is 1. The fourth-order valence-corrected chi connectivity index (χ4v) is 2.33. The van der Waals surface area contributed by atoms with Crippen LogP contribution in [0.1, 0.15) is 11.5 Å². The largest absolute Gasteiger partial charge is 0.868 e. The second-order valence-electron chi connectivity index (χ2n) is 4.90. The molecule has 0 saturated heterocycles. The minimum Gasteiger partial charge on any atom is -0.868 e. The summed E-state index contributed by atoms with van der Waals surface area (Å²) in [5, 5.41) is 30.6. The highest BCUT2D eigenvalue weighted by Crippen LogP contribution is 2.29. The van der Waals surface area contributed by atoms with Gasteiger partial charge in [0.15, 0.2) is 0 Å². The average Bonchev–Trinajstić information content (AvgIpc) is 3.07. The summed E-state index contributed by atoms with van der Waals surface area (Å²) in [6.07, 6.45) is 1.40. The Morgan fingerprint density at radius 2 is 1.88 bits per heavy atom. The van der Waals surface area contributed by atoms with Crippen LogP contribution in [-0.2, 0) is 0 Å². The van der Waals surface area contributed by atoms with Crippen LogP contribution in [0.5, 0.6) is 5.75 Å². The van der Waals surface area contributed by atoms with E-state index in [4.69, 9.17) is 27.6 Å². The highest BCUT2D eigenvalue weighted by molar-refractivity contribution is 6.50. The van der Waals surface area contributed by atoms with Crippen molar-refractivity contribution < 1.29 is 14.4 Å². The fourth-order valence-electron chi connectivity index (χ4n) is 2.00. The first-order valence-electron chi connectivity index (χ1n) is 6.86. The van der Waals surface area contributed by atoms with E-state index in [1.165, 1.54) is 12.1 Å². The molecule has 0 aliphatic rings. The normalized spacial score (nSPS) is 11.5. The maximum atomic E-state index is 11.4. The standard InChI is InChI=1S/C16H9Cl2N3O4/c17-11-4-2-10(3-5-11)15-19-20-16(25-15)12(18)7-9-1-6-14(22)13(8-9)21(23)24/h1-8,22H/p-1/b12-7-. The molecule has 0 fully saturated rings. The van der Waals surface area contributed by atoms with Gasteiger partial charge in [0.1, 0.15) is 5.03 Å². The van der Waals surface area contributed by atoms with Crippen LogP contribution in [0, 0.1) is 10.1 Å². The third kappa shape index (κ3) is 3.78. The zero-order chi connectivity index (χ0) is 18.0. The summed E-state index contributed by atoms with van der Waals surface area (Å²) in [7, 11) is 0. The van der Waals surface area contributed by atoms with Crippen molar-refractivity contribution in [3.05, 3.63) is 69.1 Å². The molecule has 3 rings (SSSR count). The van der Waals surface area contributed by atoms with E-state index in [2.05, 4.69) is 10.2 Å². The SMILES string of the molecule is O=[N+]([O-])c1cc(/C=C(\Cl)c2nnc(-c3ccc(Cl)cc3)o2)ccc1[O-]. The Hall–Kier alpha value is -2.90. The molecule has 2 aromatic carbocycles. The molecule has 1 heterocycles. The van der Waals surface area contributed by atoms with Crippen molar-refractivity contribution in [3.63, 3.8) is 0 Å². The molecule has 0 bridgehead atoms. The number of hydrogen-bond acceptors (Lipinski definition) is 6. The molecule has 0 unspecified atom stereocenters. The molecule has 1 aromatic heterocycles. The van der Waals surface area contributed by atoms with E-state index in [-0.39, 0.29) is 16.8 Å². The Morgan fingerprint density at radius 1 is 1.16 bits per heavy atom. The number of benzene rings is 2. The molecule has 0 radical (unpaired) electrons. The van der Waals surface area contributed by atoms with Gasteiger partial charge in [0.25, 0.3) is 11.6 Å². The van der Waals surface area contributed by atoms with Gasteiger partial charge in [-0.3, -0.25) is 10.1 Å². The van der Waals surface area contributed by atoms with E-state index in [9.17, 15) is 15.2 Å². The van der Waals surface area contributed by atoms with Crippen LogP contribution < -0.4 is 5.11 Å². The summed E-state index contributed by atoms with van der Waals surface area (Å²) < 4.78 is 5.48. The van der Waals surface area contributed by atoms with Crippen molar-refractivity contribution in [3.8, 4) is 17.2 Å². The summed E-state index contributed by atoms with van der Waals surface area (Å²) in [4.78, 5) is 10.1. The van der Waals surface area contributed by atoms with Crippen molar-refractivity contribution >= 4 is 40.0 Å². The maximum Gasteiger partial charge on any atom is 0.262 e. The van der Waals surface area contributed by atoms with Crippen LogP contribution in [0.15, 0.2) is 46.9 Å². The lowest BCUT2D eigenvalue weighted by atomic mass is 10.1. The van der Waals surface area contributed by atoms with Crippen LogP contribution in [0.3, 0.4) is 0 Å². The number of nitrogens with zero attached hydrogens (tertiary/aromatic N) is 3. The van der Waals surface area contributed by atoms with E-state index in [1.807, 2.05) is 0 Å². The van der Waals surface area contributed by atoms with E-state index in [1.54, 1.807) is 24.3 Å². The number of hydrogen-bond donors (Lipinski definition) is 0. The zero-order valence-electron chi connectivity index (χ0n) is 12.3. The van der Waals surface area contributed by atoms with Gasteiger partial charge in [-0.2, -0.15) is 0 Å². The summed E-state index contributed by atoms with van der Waals surface area (Å²) >= 11 is 12.0. The van der Waals surface area contributed by atoms with Crippen molar-refractivity contribution in [1.29, 1.82) is 0 Å². The minimum absolute atomic E-state index is 0.0421. The Balaban J connectivity index is 1.90. The van der Waals surface area contributed by atoms with Gasteiger partial charge in [0.05, 0.1) is 4.92 Å². The number of nitro groups is 1. The third-order valence-electron chi connectivity index (χ3n) is 3.19. The highest BCUT2D eigenvalue weighted by Gasteiger charge is 2.13. The van der Waals surface area contributed by atoms with E-state index in [0.29, 0.717) is 16.1 Å². The Labute approximate surface area is 151 Å². The van der Waals surface area contributed by atoms with Crippen LogP contribution in [0.25, 0.3) is 22.6 Å². The topological polar surface area (TPSA) is 105 Å². The molecule has 0 saturated carbocycles. The molecule has 0 spiro atoms. The van der Waals surface area contributed by atoms with Crippen LogP contribution in [0.4, 0.5) is 5.69 Å². The third-order valence-corrected chi connectivity index (χ3v) is 3.72. The first-order valence-corrected chi connectivity index (χ1v) is 7.62. The molecular weight excluding hydrogens is 369 g/mol. The smallest absolute Gasteiger partial charge is 0.262 e. The van der Waals surface area contributed by atoms with E-state index >= 15 is 0 Å². The van der Waals surface area contributed by atoms with E-state index < -0.39 is 16.4 Å². The average molecular weight is 377 g/mol. The predicted octanol–water partition coefficient (Wildman–Crippen LogP) is 4.11. The lowest BCUT2D eigenvalue weighted by molar-refractivity contribution is -0.398. The molecule has 0 amide bonds. The first kappa shape index (κ1) is 16.9. The summed E-state index contributed by atoms with van der Waals surface area (Å²) in [5.41, 5.74) is 0.493. The summed E-state index contributed by atoms with van der Waals surface area (Å²) in [5.74, 6) is -0.388. The van der Waals surface area contributed by atoms with Crippen LogP contribution in [-0.4, -0.2) is 15.1 Å². The van der Waals surface area contributed by atoms with Gasteiger partial charge >= 0.3 is 0 Å². The van der Waals surface area contributed by atoms with Crippen molar-refractivity contribution in [2.75, 3.05) is 0 Å². The molecule has 0 N–H and O–H groups in total. The second-order valence-corrected chi connectivity index (χ2v) is 5.74. The lowest BCUT2D eigenvalue weighted by Crippen LogP contribution is -1.97. The van der Waals surface area contributed by atoms with Gasteiger partial charge in [0, 0.05) is 16.7 Å². The lowest BCUT2D eigenvalue weighted by Gasteiger charge is -2.06. The Kier molecular flexibility index (Phi) is 4.69. The Bertz CT molecular complexity index is 968. The van der Waals surface area contributed by atoms with Gasteiger partial charge in [-0.25, -0.2) is 0 Å². The molecule has 3 aromatic rings. The first-order chi connectivity index (χ1) is 11.9. The molecule has 126 valence electrons. The van der Waals surface area contributed by atoms with Gasteiger partial charge in [-0.1, -0.05) is 35.3 Å². The minimum atomic E-state index is -0.751. The zero-order valence-corrected chi connectivity index (χ0v) is 13.9.